The van der Waals surface area contributed by atoms with E-state index in [1.807, 2.05) is 13.8 Å². The lowest BCUT2D eigenvalue weighted by Gasteiger charge is -1.99. The van der Waals surface area contributed by atoms with Gasteiger partial charge in [0.1, 0.15) is 11.8 Å². The molecule has 1 rings (SSSR count). The van der Waals surface area contributed by atoms with E-state index in [-0.39, 0.29) is 12.0 Å². The molecule has 0 spiro atoms. The van der Waals surface area contributed by atoms with Gasteiger partial charge < -0.3 is 4.74 Å². The van der Waals surface area contributed by atoms with Gasteiger partial charge in [0.05, 0.1) is 6.61 Å². The third-order valence-corrected chi connectivity index (χ3v) is 1.61. The van der Waals surface area contributed by atoms with Crippen molar-refractivity contribution in [1.82, 2.24) is 0 Å². The Hall–Kier alpha value is -0.860. The molecule has 1 aliphatic heterocycles. The maximum Gasteiger partial charge on any atom is 0.354 e. The van der Waals surface area contributed by atoms with Crippen molar-refractivity contribution in [3.05, 3.63) is 0 Å². The predicted molar refractivity (Wildman–Crippen MR) is 42.7 cm³/mol. The van der Waals surface area contributed by atoms with Crippen LogP contribution in [-0.4, -0.2) is 24.3 Å². The fourth-order valence-corrected chi connectivity index (χ4v) is 0.956. The molecule has 0 amide bonds. The van der Waals surface area contributed by atoms with E-state index in [4.69, 9.17) is 4.74 Å². The van der Waals surface area contributed by atoms with Crippen LogP contribution in [0.3, 0.4) is 0 Å². The lowest BCUT2D eigenvalue weighted by Crippen LogP contribution is -2.17. The van der Waals surface area contributed by atoms with Gasteiger partial charge in [-0.3, -0.25) is 4.99 Å². The van der Waals surface area contributed by atoms with Gasteiger partial charge in [-0.05, 0) is 12.8 Å². The highest BCUT2D eigenvalue weighted by molar-refractivity contribution is 6.44. The Morgan fingerprint density at radius 3 is 2.73 bits per heavy atom. The summed E-state index contributed by atoms with van der Waals surface area (Å²) in [5.74, 6) is 0.181. The number of rotatable bonds is 3. The molecule has 3 heteroatoms. The largest absolute Gasteiger partial charge is 0.461 e. The molecule has 1 aliphatic rings. The van der Waals surface area contributed by atoms with Crippen molar-refractivity contribution in [3.63, 3.8) is 0 Å². The fourth-order valence-electron chi connectivity index (χ4n) is 0.956. The topological polar surface area (TPSA) is 38.7 Å². The summed E-state index contributed by atoms with van der Waals surface area (Å²) in [5.41, 5.74) is 0.613. The maximum atomic E-state index is 11.0. The van der Waals surface area contributed by atoms with Crippen molar-refractivity contribution in [2.45, 2.75) is 26.8 Å². The molecule has 11 heavy (non-hydrogen) atoms. The molecule has 0 radical (unpaired) electrons. The van der Waals surface area contributed by atoms with Gasteiger partial charge in [0.25, 0.3) is 0 Å². The summed E-state index contributed by atoms with van der Waals surface area (Å²) in [6.45, 7) is 6.31. The van der Waals surface area contributed by atoms with E-state index >= 15 is 0 Å². The first-order chi connectivity index (χ1) is 5.16. The van der Waals surface area contributed by atoms with E-state index in [1.165, 1.54) is 0 Å². The van der Waals surface area contributed by atoms with E-state index in [2.05, 4.69) is 4.99 Å². The second kappa shape index (κ2) is 3.03. The third kappa shape index (κ3) is 1.79. The van der Waals surface area contributed by atoms with Crippen molar-refractivity contribution >= 4 is 11.7 Å². The molecule has 0 N–H and O–H groups in total. The maximum absolute atomic E-state index is 11.0. The van der Waals surface area contributed by atoms with Crippen LogP contribution in [-0.2, 0) is 9.53 Å². The van der Waals surface area contributed by atoms with Crippen LogP contribution >= 0.6 is 0 Å². The molecule has 1 unspecified atom stereocenters. The minimum Gasteiger partial charge on any atom is -0.461 e. The van der Waals surface area contributed by atoms with E-state index < -0.39 is 0 Å². The zero-order valence-corrected chi connectivity index (χ0v) is 7.13. The lowest BCUT2D eigenvalue weighted by molar-refractivity contribution is -0.134. The lowest BCUT2D eigenvalue weighted by atomic mass is 10.1. The van der Waals surface area contributed by atoms with E-state index in [9.17, 15) is 4.79 Å². The number of hydrogen-bond donors (Lipinski definition) is 0. The van der Waals surface area contributed by atoms with Crippen molar-refractivity contribution in [2.75, 3.05) is 6.61 Å². The number of carbonyl (C=O) groups is 1. The second-order valence-corrected chi connectivity index (χ2v) is 2.92. The van der Waals surface area contributed by atoms with Crippen LogP contribution < -0.4 is 0 Å². The Balaban J connectivity index is 2.31. The Morgan fingerprint density at radius 2 is 2.36 bits per heavy atom. The summed E-state index contributed by atoms with van der Waals surface area (Å²) in [6, 6.07) is 0.133. The Kier molecular flexibility index (Phi) is 2.27. The van der Waals surface area contributed by atoms with Crippen molar-refractivity contribution in [2.24, 2.45) is 10.9 Å². The molecule has 0 aromatic carbocycles. The van der Waals surface area contributed by atoms with Crippen LogP contribution in [0.25, 0.3) is 0 Å². The zero-order valence-electron chi connectivity index (χ0n) is 7.13. The van der Waals surface area contributed by atoms with Crippen LogP contribution in [0, 0.1) is 5.92 Å². The third-order valence-electron chi connectivity index (χ3n) is 1.61. The van der Waals surface area contributed by atoms with Gasteiger partial charge >= 0.3 is 5.97 Å². The molecule has 0 bridgehead atoms. The quantitative estimate of drug-likeness (QED) is 0.571. The smallest absolute Gasteiger partial charge is 0.354 e. The van der Waals surface area contributed by atoms with Crippen molar-refractivity contribution < 1.29 is 9.53 Å². The number of aliphatic imine (C=N–C) groups is 1. The monoisotopic (exact) mass is 155 g/mol. The van der Waals surface area contributed by atoms with Gasteiger partial charge in [0, 0.05) is 0 Å². The summed E-state index contributed by atoms with van der Waals surface area (Å²) >= 11 is 0. The zero-order chi connectivity index (χ0) is 8.43. The van der Waals surface area contributed by atoms with Crippen molar-refractivity contribution in [3.8, 4) is 0 Å². The van der Waals surface area contributed by atoms with Gasteiger partial charge in [-0.1, -0.05) is 13.8 Å². The minimum atomic E-state index is -0.244. The fraction of sp³-hybridized carbons (Fsp3) is 0.750. The average Bonchev–Trinajstić information content (AvgIpc) is 2.65. The number of esters is 1. The summed E-state index contributed by atoms with van der Waals surface area (Å²) < 4.78 is 4.78. The molecular formula is C8H13NO2. The Morgan fingerprint density at radius 1 is 1.73 bits per heavy atom. The number of nitrogens with zero attached hydrogens (tertiary/aromatic N) is 1. The highest BCUT2D eigenvalue weighted by atomic mass is 16.5. The summed E-state index contributed by atoms with van der Waals surface area (Å²) in [4.78, 5) is 15.0. The number of carbonyl (C=O) groups excluding carboxylic acids is 1. The summed E-state index contributed by atoms with van der Waals surface area (Å²) in [7, 11) is 0. The van der Waals surface area contributed by atoms with Crippen LogP contribution in [0.15, 0.2) is 4.99 Å². The van der Waals surface area contributed by atoms with Crippen molar-refractivity contribution in [1.29, 1.82) is 0 Å². The molecule has 0 saturated carbocycles. The first-order valence-electron chi connectivity index (χ1n) is 3.91. The van der Waals surface area contributed by atoms with Crippen LogP contribution in [0.4, 0.5) is 0 Å². The molecule has 3 nitrogen and oxygen atoms in total. The Bertz CT molecular complexity index is 196. The standard InChI is InChI=1S/C8H13NO2/c1-4-11-8(10)7-6(9-7)5(2)3/h5-6H,4H2,1-3H3. The average molecular weight is 155 g/mol. The molecule has 0 aromatic rings. The minimum absolute atomic E-state index is 0.133. The first-order valence-corrected chi connectivity index (χ1v) is 3.91. The molecule has 0 aliphatic carbocycles. The number of ether oxygens (including phenoxy) is 1. The van der Waals surface area contributed by atoms with Gasteiger partial charge in [0.2, 0.25) is 0 Å². The van der Waals surface area contributed by atoms with E-state index in [0.717, 1.165) is 0 Å². The highest BCUT2D eigenvalue weighted by Gasteiger charge is 2.37. The second-order valence-electron chi connectivity index (χ2n) is 2.92. The highest BCUT2D eigenvalue weighted by Crippen LogP contribution is 2.21. The number of hydrogen-bond acceptors (Lipinski definition) is 3. The van der Waals surface area contributed by atoms with Crippen LogP contribution in [0.5, 0.6) is 0 Å². The normalized spacial score (nSPS) is 21.5. The SMILES string of the molecule is CCOC(=O)C1=NC1C(C)C. The van der Waals surface area contributed by atoms with E-state index in [0.29, 0.717) is 18.2 Å². The molecule has 0 fully saturated rings. The van der Waals surface area contributed by atoms with Crippen LogP contribution in [0.1, 0.15) is 20.8 Å². The Labute approximate surface area is 66.5 Å². The molecule has 0 aromatic heterocycles. The molecule has 0 saturated heterocycles. The molecule has 1 heterocycles. The van der Waals surface area contributed by atoms with Gasteiger partial charge in [-0.2, -0.15) is 0 Å². The summed E-state index contributed by atoms with van der Waals surface area (Å²) in [6.07, 6.45) is 0. The predicted octanol–water partition coefficient (Wildman–Crippen LogP) is 1.03. The van der Waals surface area contributed by atoms with E-state index in [1.54, 1.807) is 6.92 Å². The first kappa shape index (κ1) is 8.24. The van der Waals surface area contributed by atoms with Gasteiger partial charge in [-0.15, -0.1) is 0 Å². The summed E-state index contributed by atoms with van der Waals surface area (Å²) in [5, 5.41) is 0. The van der Waals surface area contributed by atoms with Gasteiger partial charge in [0.15, 0.2) is 0 Å². The van der Waals surface area contributed by atoms with Crippen LogP contribution in [0.2, 0.25) is 0 Å². The molecule has 62 valence electrons. The van der Waals surface area contributed by atoms with Gasteiger partial charge in [-0.25, -0.2) is 4.79 Å². The molecule has 1 atom stereocenters. The molecular weight excluding hydrogens is 142 g/mol.